The van der Waals surface area contributed by atoms with Gasteiger partial charge in [-0.05, 0) is 53.6 Å². The second-order valence-corrected chi connectivity index (χ2v) is 8.31. The number of carbonyl (C=O) groups excluding carboxylic acids is 1. The van der Waals surface area contributed by atoms with Gasteiger partial charge in [-0.25, -0.2) is 9.97 Å². The van der Waals surface area contributed by atoms with Gasteiger partial charge in [0.05, 0.1) is 16.9 Å². The lowest BCUT2D eigenvalue weighted by Crippen LogP contribution is -2.15. The van der Waals surface area contributed by atoms with Crippen LogP contribution in [0.15, 0.2) is 48.9 Å². The van der Waals surface area contributed by atoms with Gasteiger partial charge in [0.15, 0.2) is 0 Å². The van der Waals surface area contributed by atoms with Crippen LogP contribution in [0.25, 0.3) is 22.0 Å². The Bertz CT molecular complexity index is 1420. The first-order valence-electron chi connectivity index (χ1n) is 10.0. The molecule has 3 N–H and O–H groups in total. The number of amides is 1. The van der Waals surface area contributed by atoms with E-state index >= 15 is 0 Å². The summed E-state index contributed by atoms with van der Waals surface area (Å²) < 4.78 is 1.75. The van der Waals surface area contributed by atoms with Gasteiger partial charge in [0.25, 0.3) is 0 Å². The highest BCUT2D eigenvalue weighted by molar-refractivity contribution is 6.33. The van der Waals surface area contributed by atoms with Crippen molar-refractivity contribution in [3.05, 3.63) is 65.1 Å². The number of benzene rings is 1. The fourth-order valence-corrected chi connectivity index (χ4v) is 4.11. The molecule has 3 aromatic heterocycles. The highest BCUT2D eigenvalue weighted by Crippen LogP contribution is 2.47. The van der Waals surface area contributed by atoms with E-state index in [-0.39, 0.29) is 17.7 Å². The van der Waals surface area contributed by atoms with E-state index < -0.39 is 0 Å². The highest BCUT2D eigenvalue weighted by Gasteiger charge is 2.44. The Morgan fingerprint density at radius 2 is 2.16 bits per heavy atom. The summed E-state index contributed by atoms with van der Waals surface area (Å²) in [6, 6.07) is 8.95. The predicted molar refractivity (Wildman–Crippen MR) is 125 cm³/mol. The number of nitrogens with two attached hydrogens (primary N) is 1. The largest absolute Gasteiger partial charge is 0.383 e. The Kier molecular flexibility index (Phi) is 4.80. The van der Waals surface area contributed by atoms with E-state index in [0.29, 0.717) is 38.9 Å². The summed E-state index contributed by atoms with van der Waals surface area (Å²) in [5.74, 6) is 3.43. The molecule has 158 valence electrons. The molecular weight excluding hydrogens is 424 g/mol. The van der Waals surface area contributed by atoms with E-state index in [1.54, 1.807) is 35.1 Å². The third-order valence-electron chi connectivity index (χ3n) is 5.69. The molecule has 1 fully saturated rings. The van der Waals surface area contributed by atoms with Gasteiger partial charge in [-0.15, -0.1) is 6.42 Å². The number of carbonyl (C=O) groups is 1. The molecule has 5 rings (SSSR count). The fourth-order valence-electron chi connectivity index (χ4n) is 3.90. The third-order valence-corrected chi connectivity index (χ3v) is 6.02. The highest BCUT2D eigenvalue weighted by atomic mass is 35.5. The number of fused-ring (bicyclic) bond motifs is 1. The Hall–Kier alpha value is -3.89. The van der Waals surface area contributed by atoms with Crippen molar-refractivity contribution in [3.8, 4) is 23.6 Å². The van der Waals surface area contributed by atoms with Crippen LogP contribution in [0.2, 0.25) is 5.02 Å². The molecule has 1 saturated carbocycles. The van der Waals surface area contributed by atoms with E-state index in [4.69, 9.17) is 23.8 Å². The number of anilines is 2. The van der Waals surface area contributed by atoms with E-state index in [1.807, 2.05) is 25.5 Å². The normalized spacial score (nSPS) is 17.2. The van der Waals surface area contributed by atoms with Gasteiger partial charge in [-0.2, -0.15) is 5.10 Å². The number of rotatable bonds is 4. The number of nitrogens with zero attached hydrogens (tertiary/aromatic N) is 4. The summed E-state index contributed by atoms with van der Waals surface area (Å²) in [6.07, 6.45) is 11.7. The predicted octanol–water partition coefficient (Wildman–Crippen LogP) is 3.99. The summed E-state index contributed by atoms with van der Waals surface area (Å²) in [6.45, 7) is 0. The molecule has 4 aromatic rings. The number of hydrogen-bond donors (Lipinski definition) is 2. The Balaban J connectivity index is 1.42. The van der Waals surface area contributed by atoms with Crippen LogP contribution in [0.1, 0.15) is 23.5 Å². The number of pyridine rings is 2. The number of nitrogen functional groups attached to an aromatic ring is 1. The van der Waals surface area contributed by atoms with Crippen molar-refractivity contribution in [1.29, 1.82) is 0 Å². The molecule has 0 saturated heterocycles. The van der Waals surface area contributed by atoms with Gasteiger partial charge in [0, 0.05) is 41.9 Å². The number of halogens is 1. The molecule has 0 unspecified atom stereocenters. The third kappa shape index (κ3) is 3.66. The second kappa shape index (κ2) is 7.66. The van der Waals surface area contributed by atoms with Crippen molar-refractivity contribution >= 4 is 39.9 Å². The van der Waals surface area contributed by atoms with Crippen LogP contribution >= 0.6 is 11.6 Å². The molecule has 1 amide bonds. The zero-order chi connectivity index (χ0) is 22.4. The lowest BCUT2D eigenvalue weighted by molar-refractivity contribution is -0.117. The van der Waals surface area contributed by atoms with Crippen molar-refractivity contribution in [2.75, 3.05) is 11.1 Å². The zero-order valence-corrected chi connectivity index (χ0v) is 18.0. The van der Waals surface area contributed by atoms with Crippen molar-refractivity contribution < 1.29 is 4.79 Å². The van der Waals surface area contributed by atoms with Crippen LogP contribution in [0.5, 0.6) is 0 Å². The minimum atomic E-state index is -0.0833. The monoisotopic (exact) mass is 442 g/mol. The topological polar surface area (TPSA) is 98.7 Å². The molecule has 32 heavy (non-hydrogen) atoms. The van der Waals surface area contributed by atoms with Gasteiger partial charge < -0.3 is 11.1 Å². The summed E-state index contributed by atoms with van der Waals surface area (Å²) >= 11 is 6.37. The molecular formula is C24H19ClN6O. The number of terminal acetylenes is 1. The van der Waals surface area contributed by atoms with Crippen LogP contribution in [0.4, 0.5) is 11.6 Å². The average Bonchev–Trinajstić information content (AvgIpc) is 3.47. The zero-order valence-electron chi connectivity index (χ0n) is 17.2. The van der Waals surface area contributed by atoms with Gasteiger partial charge >= 0.3 is 0 Å². The minimum absolute atomic E-state index is 0.0577. The number of aromatic nitrogens is 4. The van der Waals surface area contributed by atoms with E-state index in [9.17, 15) is 4.79 Å². The van der Waals surface area contributed by atoms with Crippen LogP contribution in [-0.4, -0.2) is 25.7 Å². The quantitative estimate of drug-likeness (QED) is 0.465. The molecule has 3 heterocycles. The van der Waals surface area contributed by atoms with Crippen molar-refractivity contribution in [1.82, 2.24) is 19.7 Å². The molecule has 0 radical (unpaired) electrons. The molecule has 2 atom stereocenters. The molecule has 1 aliphatic carbocycles. The number of hydrogen-bond acceptors (Lipinski definition) is 5. The average molecular weight is 443 g/mol. The molecule has 1 aromatic carbocycles. The maximum Gasteiger partial charge on any atom is 0.229 e. The van der Waals surface area contributed by atoms with E-state index in [0.717, 1.165) is 17.4 Å². The SMILES string of the molecule is C#Cc1ccc(Cl)c(-c2cc3cc(NC(=O)[C@H]4C[C@@H]4c4cnn(C)c4)ncc3c(N)n2)c1. The maximum absolute atomic E-state index is 12.7. The Morgan fingerprint density at radius 3 is 2.91 bits per heavy atom. The minimum Gasteiger partial charge on any atom is -0.383 e. The van der Waals surface area contributed by atoms with Crippen molar-refractivity contribution in [3.63, 3.8) is 0 Å². The van der Waals surface area contributed by atoms with Crippen molar-refractivity contribution in [2.24, 2.45) is 13.0 Å². The molecule has 1 aliphatic rings. The molecule has 0 spiro atoms. The first-order chi connectivity index (χ1) is 15.4. The van der Waals surface area contributed by atoms with Crippen LogP contribution in [0, 0.1) is 18.3 Å². The lowest BCUT2D eigenvalue weighted by Gasteiger charge is -2.10. The Labute approximate surface area is 189 Å². The summed E-state index contributed by atoms with van der Waals surface area (Å²) in [5, 5.41) is 9.11. The van der Waals surface area contributed by atoms with Crippen LogP contribution in [0.3, 0.4) is 0 Å². The standard InChI is InChI=1S/C24H19ClN6O/c1-3-13-4-5-20(25)18(6-13)21-7-14-8-22(27-11-19(14)23(26)29-21)30-24(32)17-9-16(17)15-10-28-31(2)12-15/h1,4-8,10-12,16-17H,9H2,2H3,(H2,26,29)(H,27,30,32)/t16-,17+/m1/s1. The second-order valence-electron chi connectivity index (χ2n) is 7.91. The number of aryl methyl sites for hydroxylation is 1. The van der Waals surface area contributed by atoms with Gasteiger partial charge in [-0.3, -0.25) is 9.48 Å². The smallest absolute Gasteiger partial charge is 0.229 e. The first-order valence-corrected chi connectivity index (χ1v) is 10.4. The lowest BCUT2D eigenvalue weighted by atomic mass is 10.1. The van der Waals surface area contributed by atoms with E-state index in [2.05, 4.69) is 26.3 Å². The van der Waals surface area contributed by atoms with Gasteiger partial charge in [-0.1, -0.05) is 17.5 Å². The maximum atomic E-state index is 12.7. The van der Waals surface area contributed by atoms with Crippen molar-refractivity contribution in [2.45, 2.75) is 12.3 Å². The number of nitrogens with one attached hydrogen (secondary N) is 1. The molecule has 0 aliphatic heterocycles. The van der Waals surface area contributed by atoms with Gasteiger partial charge in [0.2, 0.25) is 5.91 Å². The summed E-state index contributed by atoms with van der Waals surface area (Å²) in [5.41, 5.74) is 9.24. The van der Waals surface area contributed by atoms with Gasteiger partial charge in [0.1, 0.15) is 11.6 Å². The summed E-state index contributed by atoms with van der Waals surface area (Å²) in [7, 11) is 1.87. The molecule has 7 nitrogen and oxygen atoms in total. The molecule has 8 heteroatoms. The molecule has 0 bridgehead atoms. The van der Waals surface area contributed by atoms with E-state index in [1.165, 1.54) is 0 Å². The first kappa shape index (κ1) is 20.0. The van der Waals surface area contributed by atoms with Crippen LogP contribution in [-0.2, 0) is 11.8 Å². The van der Waals surface area contributed by atoms with Crippen LogP contribution < -0.4 is 11.1 Å². The summed E-state index contributed by atoms with van der Waals surface area (Å²) in [4.78, 5) is 21.5. The fraction of sp³-hybridized carbons (Fsp3) is 0.167. The Morgan fingerprint density at radius 1 is 1.31 bits per heavy atom.